The van der Waals surface area contributed by atoms with Crippen LogP contribution in [0.1, 0.15) is 30.0 Å². The van der Waals surface area contributed by atoms with Gasteiger partial charge < -0.3 is 9.84 Å². The highest BCUT2D eigenvalue weighted by Gasteiger charge is 2.77. The molecule has 4 aliphatic rings. The van der Waals surface area contributed by atoms with E-state index < -0.39 is 87.0 Å². The third-order valence-electron chi connectivity index (χ3n) is 10.1. The number of pyridine rings is 1. The van der Waals surface area contributed by atoms with Gasteiger partial charge in [0.2, 0.25) is 0 Å². The Balaban J connectivity index is 1.37. The molecule has 1 saturated carbocycles. The Morgan fingerprint density at radius 1 is 0.980 bits per heavy atom. The lowest BCUT2D eigenvalue weighted by molar-refractivity contribution is -0.141. The highest BCUT2D eigenvalue weighted by atomic mass is 35.5. The first-order chi connectivity index (χ1) is 23.9. The summed E-state index contributed by atoms with van der Waals surface area (Å²) in [6, 6.07) is 10.2. The molecule has 2 aliphatic heterocycles. The van der Waals surface area contributed by atoms with Gasteiger partial charge in [-0.15, -0.1) is 23.2 Å². The number of aromatic hydroxyl groups is 1. The number of aromatic nitrogens is 1. The molecule has 2 aliphatic carbocycles. The Kier molecular flexibility index (Phi) is 8.12. The van der Waals surface area contributed by atoms with Crippen molar-refractivity contribution in [3.8, 4) is 11.5 Å². The maximum atomic E-state index is 14.5. The third kappa shape index (κ3) is 4.93. The molecule has 0 bridgehead atoms. The number of imide groups is 2. The molecule has 3 aromatic rings. The monoisotopic (exact) mass is 766 g/mol. The molecule has 0 spiro atoms. The van der Waals surface area contributed by atoms with Gasteiger partial charge in [-0.2, -0.15) is 18.2 Å². The molecule has 1 aromatic heterocycles. The first-order valence-corrected chi connectivity index (χ1v) is 16.5. The fourth-order valence-corrected chi connectivity index (χ4v) is 9.03. The van der Waals surface area contributed by atoms with Crippen molar-refractivity contribution in [2.45, 2.75) is 34.7 Å². The quantitative estimate of drug-likeness (QED) is 0.141. The number of alkyl halides is 5. The number of halogens is 7. The Hall–Kier alpha value is -4.40. The number of nitrogens with zero attached hydrogens (tertiary/aromatic N) is 4. The number of hydrogen-bond acceptors (Lipinski definition) is 8. The Morgan fingerprint density at radius 2 is 1.67 bits per heavy atom. The summed E-state index contributed by atoms with van der Waals surface area (Å²) in [5.74, 6) is -9.29. The van der Waals surface area contributed by atoms with Crippen LogP contribution in [0.4, 0.5) is 29.1 Å². The van der Waals surface area contributed by atoms with Crippen LogP contribution in [0.5, 0.6) is 11.5 Å². The smallest absolute Gasteiger partial charge is 0.433 e. The summed E-state index contributed by atoms with van der Waals surface area (Å²) in [6.07, 6.45) is -3.68. The molecule has 17 heteroatoms. The number of rotatable bonds is 5. The van der Waals surface area contributed by atoms with Gasteiger partial charge in [0, 0.05) is 24.6 Å². The van der Waals surface area contributed by atoms with E-state index in [1.54, 1.807) is 6.08 Å². The molecule has 6 unspecified atom stereocenters. The number of phenolic OH excluding ortho intramolecular Hbond substituents is 1. The number of benzene rings is 2. The third-order valence-corrected chi connectivity index (χ3v) is 11.8. The van der Waals surface area contributed by atoms with Gasteiger partial charge in [-0.1, -0.05) is 29.3 Å². The van der Waals surface area contributed by atoms with Crippen LogP contribution in [0, 0.1) is 23.6 Å². The van der Waals surface area contributed by atoms with Crippen LogP contribution in [0.25, 0.3) is 0 Å². The average molecular weight is 768 g/mol. The van der Waals surface area contributed by atoms with Crippen molar-refractivity contribution in [2.24, 2.45) is 17.8 Å². The number of allylic oxidation sites excluding steroid dienone is 2. The van der Waals surface area contributed by atoms with Crippen LogP contribution in [0.2, 0.25) is 5.02 Å². The summed E-state index contributed by atoms with van der Waals surface area (Å²) >= 11 is 20.9. The van der Waals surface area contributed by atoms with Crippen LogP contribution in [-0.2, 0) is 25.4 Å². The Bertz CT molecular complexity index is 2070. The van der Waals surface area contributed by atoms with Crippen molar-refractivity contribution in [3.63, 3.8) is 0 Å². The lowest BCUT2D eigenvalue weighted by Crippen LogP contribution is -2.60. The molecule has 0 radical (unpaired) electrons. The number of anilines is 2. The van der Waals surface area contributed by atoms with Gasteiger partial charge in [-0.05, 0) is 61.2 Å². The molecular formula is C34H25Cl3F4N4O6. The SMILES string of the molecule is COc1cc(O)ccc1C1C2=CCC3C(=O)N(N(C)c4nc(C(F)(F)F)ccc4Cl)C(=O)C3C2CC2(Cl)C(=O)N(c3ccc(F)cc3)C(=O)C12Cl. The first kappa shape index (κ1) is 35.0. The highest BCUT2D eigenvalue weighted by Crippen LogP contribution is 2.66. The number of ether oxygens (including phenoxy) is 1. The number of methoxy groups -OCH3 is 1. The average Bonchev–Trinajstić information content (AvgIpc) is 3.42. The molecule has 266 valence electrons. The summed E-state index contributed by atoms with van der Waals surface area (Å²) in [5.41, 5.74) is -0.700. The normalized spacial score (nSPS) is 28.8. The summed E-state index contributed by atoms with van der Waals surface area (Å²) in [4.78, 5) is 57.0. The fourth-order valence-electron chi connectivity index (χ4n) is 7.87. The van der Waals surface area contributed by atoms with Crippen molar-refractivity contribution in [1.29, 1.82) is 0 Å². The Morgan fingerprint density at radius 3 is 2.31 bits per heavy atom. The zero-order valence-electron chi connectivity index (χ0n) is 26.4. The number of fused-ring (bicyclic) bond motifs is 4. The highest BCUT2D eigenvalue weighted by molar-refractivity contribution is 6.58. The molecule has 10 nitrogen and oxygen atoms in total. The van der Waals surface area contributed by atoms with E-state index in [2.05, 4.69) is 4.98 Å². The van der Waals surface area contributed by atoms with Crippen molar-refractivity contribution >= 4 is 69.9 Å². The molecule has 6 atom stereocenters. The maximum Gasteiger partial charge on any atom is 0.433 e. The molecule has 3 fully saturated rings. The van der Waals surface area contributed by atoms with Gasteiger partial charge in [-0.3, -0.25) is 24.2 Å². The molecular weight excluding hydrogens is 743 g/mol. The van der Waals surface area contributed by atoms with Crippen molar-refractivity contribution in [1.82, 2.24) is 9.99 Å². The fraction of sp³-hybridized carbons (Fsp3) is 0.324. The van der Waals surface area contributed by atoms with Gasteiger partial charge in [0.25, 0.3) is 23.6 Å². The zero-order valence-corrected chi connectivity index (χ0v) is 28.7. The predicted octanol–water partition coefficient (Wildman–Crippen LogP) is 6.22. The Labute approximate surface area is 302 Å². The summed E-state index contributed by atoms with van der Waals surface area (Å²) in [7, 11) is 2.48. The van der Waals surface area contributed by atoms with Gasteiger partial charge in [0.15, 0.2) is 15.6 Å². The molecule has 51 heavy (non-hydrogen) atoms. The number of amides is 4. The van der Waals surface area contributed by atoms with Crippen LogP contribution in [0.3, 0.4) is 0 Å². The van der Waals surface area contributed by atoms with Gasteiger partial charge in [0.05, 0.1) is 29.7 Å². The van der Waals surface area contributed by atoms with Crippen LogP contribution >= 0.6 is 34.8 Å². The minimum Gasteiger partial charge on any atom is -0.508 e. The van der Waals surface area contributed by atoms with E-state index in [1.807, 2.05) is 0 Å². The number of phenols is 1. The van der Waals surface area contributed by atoms with E-state index in [9.17, 15) is 41.8 Å². The number of carbonyl (C=O) groups is 4. The molecule has 2 aromatic carbocycles. The minimum absolute atomic E-state index is 0.0162. The molecule has 3 heterocycles. The summed E-state index contributed by atoms with van der Waals surface area (Å²) in [5, 5.41) is 11.5. The lowest BCUT2D eigenvalue weighted by atomic mass is 9.56. The summed E-state index contributed by atoms with van der Waals surface area (Å²) in [6.45, 7) is 0. The van der Waals surface area contributed by atoms with Crippen molar-refractivity contribution in [2.75, 3.05) is 24.1 Å². The largest absolute Gasteiger partial charge is 0.508 e. The van der Waals surface area contributed by atoms with Crippen LogP contribution < -0.4 is 14.6 Å². The van der Waals surface area contributed by atoms with Gasteiger partial charge in [0.1, 0.15) is 23.0 Å². The second-order valence-corrected chi connectivity index (χ2v) is 14.3. The second-order valence-electron chi connectivity index (χ2n) is 12.7. The molecule has 2 saturated heterocycles. The molecule has 7 rings (SSSR count). The lowest BCUT2D eigenvalue weighted by Gasteiger charge is -2.50. The maximum absolute atomic E-state index is 14.5. The summed E-state index contributed by atoms with van der Waals surface area (Å²) < 4.78 is 60.1. The topological polar surface area (TPSA) is 120 Å². The predicted molar refractivity (Wildman–Crippen MR) is 176 cm³/mol. The van der Waals surface area contributed by atoms with Crippen LogP contribution in [0.15, 0.2) is 66.2 Å². The van der Waals surface area contributed by atoms with E-state index in [-0.39, 0.29) is 34.2 Å². The van der Waals surface area contributed by atoms with E-state index in [0.717, 1.165) is 28.1 Å². The van der Waals surface area contributed by atoms with E-state index >= 15 is 0 Å². The van der Waals surface area contributed by atoms with Gasteiger partial charge in [-0.25, -0.2) is 14.3 Å². The van der Waals surface area contributed by atoms with Crippen molar-refractivity contribution in [3.05, 3.63) is 88.3 Å². The number of hydrogen-bond donors (Lipinski definition) is 1. The van der Waals surface area contributed by atoms with E-state index in [4.69, 9.17) is 39.5 Å². The first-order valence-electron chi connectivity index (χ1n) is 15.4. The molecule has 4 amide bonds. The van der Waals surface area contributed by atoms with E-state index in [1.165, 1.54) is 44.5 Å². The molecule has 1 N–H and O–H groups in total. The van der Waals surface area contributed by atoms with Crippen LogP contribution in [-0.4, -0.2) is 62.6 Å². The second kappa shape index (κ2) is 11.8. The standard InChI is InChI=1S/C34H25Cl3F4N4O6/c1-43(27-22(35)11-12-24(42-27)34(39,40)41)45-28(47)20-10-9-18-21(25(20)29(45)48)14-32(36)30(49)44(16-5-3-15(38)4-6-16)31(50)33(32,37)26(18)19-8-7-17(46)13-23(19)51-2/h3-9,11-13,20-21,25-26,46H,10,14H2,1-2H3. The van der Waals surface area contributed by atoms with Gasteiger partial charge >= 0.3 is 6.18 Å². The number of hydrazine groups is 1. The van der Waals surface area contributed by atoms with E-state index in [0.29, 0.717) is 16.6 Å². The zero-order chi connectivity index (χ0) is 36.9. The number of carbonyl (C=O) groups excluding carboxylic acids is 4. The minimum atomic E-state index is -4.85. The van der Waals surface area contributed by atoms with Crippen molar-refractivity contribution < 1.29 is 46.6 Å².